The molecule has 9 heteroatoms. The van der Waals surface area contributed by atoms with Crippen LogP contribution in [0.15, 0.2) is 71.8 Å². The number of sulfonamides is 1. The molecule has 1 heterocycles. The van der Waals surface area contributed by atoms with Crippen molar-refractivity contribution in [3.05, 3.63) is 94.5 Å². The number of ether oxygens (including phenoxy) is 3. The van der Waals surface area contributed by atoms with Crippen LogP contribution in [0.4, 0.5) is 10.1 Å². The van der Waals surface area contributed by atoms with Crippen molar-refractivity contribution in [3.8, 4) is 11.5 Å². The number of allylic oxidation sites excluding steroid dienone is 1. The molecule has 0 fully saturated rings. The highest BCUT2D eigenvalue weighted by Gasteiger charge is 2.37. The van der Waals surface area contributed by atoms with Crippen molar-refractivity contribution < 1.29 is 27.0 Å². The largest absolute Gasteiger partial charge is 0.501 e. The summed E-state index contributed by atoms with van der Waals surface area (Å²) in [6.45, 7) is 10.2. The van der Waals surface area contributed by atoms with E-state index in [1.165, 1.54) is 23.5 Å². The van der Waals surface area contributed by atoms with Crippen LogP contribution in [0.3, 0.4) is 0 Å². The summed E-state index contributed by atoms with van der Waals surface area (Å²) in [5.41, 5.74) is 2.10. The quantitative estimate of drug-likeness (QED) is 0.233. The molecule has 0 saturated carbocycles. The standard InChI is InChI=1S/C31H35ClFNO5S/c1-20-10-13-25(16-30(20)38-6)40(35,36)34-18-22(17-31(3,4)21(2)37-5)14-23-11-12-24(15-29(23)34)39-19-26-27(32)8-7-9-28(26)33/h7-13,15-16,22H,2,14,17-19H2,1,3-6H3/t22-/m0/s1. The second-order valence-electron chi connectivity index (χ2n) is 10.7. The molecule has 4 rings (SSSR count). The lowest BCUT2D eigenvalue weighted by Crippen LogP contribution is -2.41. The van der Waals surface area contributed by atoms with E-state index in [9.17, 15) is 12.8 Å². The number of aryl methyl sites for hydroxylation is 1. The predicted molar refractivity (Wildman–Crippen MR) is 156 cm³/mol. The number of fused-ring (bicyclic) bond motifs is 1. The van der Waals surface area contributed by atoms with E-state index in [1.54, 1.807) is 43.5 Å². The fourth-order valence-electron chi connectivity index (χ4n) is 5.14. The Bertz CT molecular complexity index is 1500. The van der Waals surface area contributed by atoms with Gasteiger partial charge in [0.2, 0.25) is 0 Å². The minimum Gasteiger partial charge on any atom is -0.501 e. The van der Waals surface area contributed by atoms with Crippen LogP contribution >= 0.6 is 11.6 Å². The van der Waals surface area contributed by atoms with Crippen molar-refractivity contribution in [2.75, 3.05) is 25.1 Å². The van der Waals surface area contributed by atoms with Crippen LogP contribution in [0.5, 0.6) is 11.5 Å². The van der Waals surface area contributed by atoms with Gasteiger partial charge < -0.3 is 14.2 Å². The summed E-state index contributed by atoms with van der Waals surface area (Å²) >= 11 is 6.17. The molecule has 0 aliphatic carbocycles. The normalized spacial score (nSPS) is 15.4. The highest BCUT2D eigenvalue weighted by molar-refractivity contribution is 7.92. The molecule has 1 aliphatic heterocycles. The molecule has 0 spiro atoms. The van der Waals surface area contributed by atoms with Gasteiger partial charge in [-0.25, -0.2) is 12.8 Å². The molecule has 0 bridgehead atoms. The number of hydrogen-bond acceptors (Lipinski definition) is 5. The molecule has 0 saturated heterocycles. The van der Waals surface area contributed by atoms with Gasteiger partial charge in [0.1, 0.15) is 23.9 Å². The van der Waals surface area contributed by atoms with Crippen LogP contribution < -0.4 is 13.8 Å². The van der Waals surface area contributed by atoms with Crippen molar-refractivity contribution in [2.24, 2.45) is 11.3 Å². The lowest BCUT2D eigenvalue weighted by molar-refractivity contribution is 0.169. The van der Waals surface area contributed by atoms with Crippen molar-refractivity contribution in [1.82, 2.24) is 0 Å². The summed E-state index contributed by atoms with van der Waals surface area (Å²) in [5, 5.41) is 0.263. The van der Waals surface area contributed by atoms with Gasteiger partial charge >= 0.3 is 0 Å². The molecule has 0 unspecified atom stereocenters. The molecule has 0 N–H and O–H groups in total. The van der Waals surface area contributed by atoms with Gasteiger partial charge in [-0.1, -0.05) is 50.2 Å². The first-order valence-electron chi connectivity index (χ1n) is 13.0. The first kappa shape index (κ1) is 29.7. The maximum atomic E-state index is 14.3. The van der Waals surface area contributed by atoms with Gasteiger partial charge in [0.05, 0.1) is 35.6 Å². The Morgan fingerprint density at radius 1 is 1.15 bits per heavy atom. The lowest BCUT2D eigenvalue weighted by Gasteiger charge is -2.39. The zero-order valence-corrected chi connectivity index (χ0v) is 25.0. The van der Waals surface area contributed by atoms with E-state index in [2.05, 4.69) is 6.58 Å². The Morgan fingerprint density at radius 3 is 2.58 bits per heavy atom. The first-order chi connectivity index (χ1) is 18.9. The average molecular weight is 588 g/mol. The number of benzene rings is 3. The van der Waals surface area contributed by atoms with Gasteiger partial charge in [-0.05, 0) is 61.1 Å². The Labute approximate surface area is 241 Å². The highest BCUT2D eigenvalue weighted by atomic mass is 35.5. The second-order valence-corrected chi connectivity index (χ2v) is 13.0. The molecule has 3 aromatic rings. The fraction of sp³-hybridized carbons (Fsp3) is 0.355. The molecule has 0 radical (unpaired) electrons. The number of nitrogens with zero attached hydrogens (tertiary/aromatic N) is 1. The summed E-state index contributed by atoms with van der Waals surface area (Å²) in [6.07, 6.45) is 1.34. The molecule has 40 heavy (non-hydrogen) atoms. The molecule has 1 aliphatic rings. The topological polar surface area (TPSA) is 65.1 Å². The maximum Gasteiger partial charge on any atom is 0.264 e. The van der Waals surface area contributed by atoms with Crippen molar-refractivity contribution >= 4 is 27.3 Å². The van der Waals surface area contributed by atoms with E-state index < -0.39 is 15.8 Å². The van der Waals surface area contributed by atoms with Crippen LogP contribution in [0.1, 0.15) is 37.0 Å². The molecule has 214 valence electrons. The average Bonchev–Trinajstić information content (AvgIpc) is 2.91. The minimum atomic E-state index is -3.97. The van der Waals surface area contributed by atoms with E-state index in [0.717, 1.165) is 11.1 Å². The molecule has 3 aromatic carbocycles. The Morgan fingerprint density at radius 2 is 1.90 bits per heavy atom. The predicted octanol–water partition coefficient (Wildman–Crippen LogP) is 7.32. The Balaban J connectivity index is 1.73. The van der Waals surface area contributed by atoms with E-state index in [1.807, 2.05) is 26.8 Å². The summed E-state index contributed by atoms with van der Waals surface area (Å²) < 4.78 is 60.7. The van der Waals surface area contributed by atoms with E-state index >= 15 is 0 Å². The smallest absolute Gasteiger partial charge is 0.264 e. The van der Waals surface area contributed by atoms with Gasteiger partial charge in [-0.2, -0.15) is 0 Å². The first-order valence-corrected chi connectivity index (χ1v) is 14.8. The highest BCUT2D eigenvalue weighted by Crippen LogP contribution is 2.42. The molecule has 0 aromatic heterocycles. The summed E-state index contributed by atoms with van der Waals surface area (Å²) in [4.78, 5) is 0.131. The number of hydrogen-bond donors (Lipinski definition) is 0. The molecule has 6 nitrogen and oxygen atoms in total. The Kier molecular flexibility index (Phi) is 8.71. The van der Waals surface area contributed by atoms with E-state index in [-0.39, 0.29) is 40.0 Å². The van der Waals surface area contributed by atoms with Gasteiger partial charge in [-0.15, -0.1) is 0 Å². The fourth-order valence-corrected chi connectivity index (χ4v) is 6.94. The molecular weight excluding hydrogens is 553 g/mol. The van der Waals surface area contributed by atoms with Crippen LogP contribution in [0.2, 0.25) is 5.02 Å². The lowest BCUT2D eigenvalue weighted by atomic mass is 9.78. The third-order valence-corrected chi connectivity index (χ3v) is 9.60. The Hall–Kier alpha value is -3.23. The van der Waals surface area contributed by atoms with Gasteiger partial charge in [-0.3, -0.25) is 4.31 Å². The SMILES string of the molecule is C=C(OC)C(C)(C)C[C@@H]1Cc2ccc(OCc3c(F)cccc3Cl)cc2N(S(=O)(=O)c2ccc(C)c(OC)c2)C1. The van der Waals surface area contributed by atoms with Crippen molar-refractivity contribution in [2.45, 2.75) is 45.1 Å². The third kappa shape index (κ3) is 6.08. The number of methoxy groups -OCH3 is 2. The van der Waals surface area contributed by atoms with Crippen LogP contribution in [0.25, 0.3) is 0 Å². The number of anilines is 1. The number of rotatable bonds is 10. The van der Waals surface area contributed by atoms with Crippen molar-refractivity contribution in [1.29, 1.82) is 0 Å². The second kappa shape index (κ2) is 11.7. The molecular formula is C31H35ClFNO5S. The number of halogens is 2. The van der Waals surface area contributed by atoms with Crippen LogP contribution in [0, 0.1) is 24.1 Å². The zero-order chi connectivity index (χ0) is 29.2. The monoisotopic (exact) mass is 587 g/mol. The summed E-state index contributed by atoms with van der Waals surface area (Å²) in [7, 11) is -0.863. The van der Waals surface area contributed by atoms with Crippen molar-refractivity contribution in [3.63, 3.8) is 0 Å². The third-order valence-electron chi connectivity index (χ3n) is 7.47. The van der Waals surface area contributed by atoms with Gasteiger partial charge in [0.15, 0.2) is 0 Å². The summed E-state index contributed by atoms with van der Waals surface area (Å²) in [6, 6.07) is 14.7. The minimum absolute atomic E-state index is 0.000471. The van der Waals surface area contributed by atoms with E-state index in [4.69, 9.17) is 25.8 Å². The van der Waals surface area contributed by atoms with Gasteiger partial charge in [0, 0.05) is 29.7 Å². The molecule has 0 amide bonds. The van der Waals surface area contributed by atoms with Crippen LogP contribution in [-0.2, 0) is 27.8 Å². The summed E-state index contributed by atoms with van der Waals surface area (Å²) in [5.74, 6) is 1.08. The van der Waals surface area contributed by atoms with Crippen LogP contribution in [-0.4, -0.2) is 29.2 Å². The molecule has 1 atom stereocenters. The maximum absolute atomic E-state index is 14.3. The zero-order valence-electron chi connectivity index (χ0n) is 23.5. The van der Waals surface area contributed by atoms with E-state index in [0.29, 0.717) is 35.8 Å². The van der Waals surface area contributed by atoms with Gasteiger partial charge in [0.25, 0.3) is 10.0 Å².